The molecule has 0 aliphatic rings. The quantitative estimate of drug-likeness (QED) is 0.404. The van der Waals surface area contributed by atoms with E-state index < -0.39 is 11.8 Å². The molecule has 0 fully saturated rings. The Labute approximate surface area is 185 Å². The first kappa shape index (κ1) is 21.5. The van der Waals surface area contributed by atoms with Crippen LogP contribution in [0.25, 0.3) is 21.2 Å². The molecular weight excluding hydrogens is 438 g/mol. The largest absolute Gasteiger partial charge is 0.346 e. The van der Waals surface area contributed by atoms with E-state index in [9.17, 15) is 13.6 Å². The average Bonchev–Trinajstić information content (AvgIpc) is 3.34. The minimum absolute atomic E-state index is 0.299. The first-order chi connectivity index (χ1) is 15.0. The molecule has 0 bridgehead atoms. The molecule has 5 nitrogen and oxygen atoms in total. The molecule has 0 spiro atoms. The molecule has 4 rings (SSSR count). The van der Waals surface area contributed by atoms with Gasteiger partial charge in [-0.2, -0.15) is 13.9 Å². The molecule has 160 valence electrons. The third kappa shape index (κ3) is 4.63. The van der Waals surface area contributed by atoms with Crippen molar-refractivity contribution in [3.05, 3.63) is 81.9 Å². The van der Waals surface area contributed by atoms with E-state index in [4.69, 9.17) is 5.73 Å². The highest BCUT2D eigenvalue weighted by molar-refractivity contribution is 7.98. The fourth-order valence-electron chi connectivity index (χ4n) is 3.27. The third-order valence-corrected chi connectivity index (χ3v) is 6.80. The second-order valence-electron chi connectivity index (χ2n) is 6.96. The lowest BCUT2D eigenvalue weighted by Crippen LogP contribution is -2.27. The molecule has 0 saturated carbocycles. The van der Waals surface area contributed by atoms with Gasteiger partial charge in [-0.15, -0.1) is 23.1 Å². The molecule has 4 aromatic rings. The van der Waals surface area contributed by atoms with E-state index >= 15 is 0 Å². The fraction of sp³-hybridized carbons (Fsp3) is 0.182. The van der Waals surface area contributed by atoms with Crippen molar-refractivity contribution in [1.82, 2.24) is 14.3 Å². The van der Waals surface area contributed by atoms with Crippen molar-refractivity contribution in [3.63, 3.8) is 0 Å². The summed E-state index contributed by atoms with van der Waals surface area (Å²) in [6.07, 6.45) is 1.55. The summed E-state index contributed by atoms with van der Waals surface area (Å²) in [5.74, 6) is 0. The summed E-state index contributed by atoms with van der Waals surface area (Å²) in [5, 5.41) is 5.05. The summed E-state index contributed by atoms with van der Waals surface area (Å²) in [5.41, 5.74) is 6.86. The standard InChI is InChI=1S/C22H20F2N4OS2/c1-30-18-6-4-14(5-7-18)15-2-3-16-8-19(31-20(16)9-15)12-27-13-26-28(22(27)29)11-17(10-25)21(23)24/h2-9,13H,10-12,25H2,1H3. The number of thiophene rings is 1. The minimum atomic E-state index is -1.87. The molecule has 2 aromatic carbocycles. The van der Waals surface area contributed by atoms with Crippen LogP contribution in [0.3, 0.4) is 0 Å². The normalized spacial score (nSPS) is 11.2. The van der Waals surface area contributed by atoms with Gasteiger partial charge < -0.3 is 5.73 Å². The van der Waals surface area contributed by atoms with Gasteiger partial charge in [0.25, 0.3) is 6.08 Å². The molecule has 0 aliphatic carbocycles. The highest BCUT2D eigenvalue weighted by Crippen LogP contribution is 2.31. The van der Waals surface area contributed by atoms with Gasteiger partial charge in [-0.1, -0.05) is 24.3 Å². The van der Waals surface area contributed by atoms with Crippen LogP contribution in [0.1, 0.15) is 4.88 Å². The lowest BCUT2D eigenvalue weighted by atomic mass is 10.1. The number of hydrogen-bond acceptors (Lipinski definition) is 5. The Morgan fingerprint density at radius 3 is 2.55 bits per heavy atom. The minimum Gasteiger partial charge on any atom is -0.327 e. The van der Waals surface area contributed by atoms with Crippen LogP contribution in [0.5, 0.6) is 0 Å². The summed E-state index contributed by atoms with van der Waals surface area (Å²) >= 11 is 3.31. The van der Waals surface area contributed by atoms with Crippen molar-refractivity contribution >= 4 is 33.2 Å². The van der Waals surface area contributed by atoms with Gasteiger partial charge in [-0.05, 0) is 47.0 Å². The molecule has 0 saturated heterocycles. The summed E-state index contributed by atoms with van der Waals surface area (Å²) < 4.78 is 29.2. The Kier molecular flexibility index (Phi) is 6.35. The first-order valence-electron chi connectivity index (χ1n) is 9.50. The Morgan fingerprint density at radius 2 is 1.87 bits per heavy atom. The number of nitrogens with zero attached hydrogens (tertiary/aromatic N) is 3. The number of rotatable bonds is 7. The van der Waals surface area contributed by atoms with E-state index in [0.29, 0.717) is 6.54 Å². The number of nitrogens with two attached hydrogens (primary N) is 1. The number of fused-ring (bicyclic) bond motifs is 1. The molecule has 0 radical (unpaired) electrons. The van der Waals surface area contributed by atoms with Gasteiger partial charge in [-0.25, -0.2) is 9.48 Å². The van der Waals surface area contributed by atoms with Crippen LogP contribution in [-0.2, 0) is 13.1 Å². The van der Waals surface area contributed by atoms with Gasteiger partial charge in [0.1, 0.15) is 6.33 Å². The maximum absolute atomic E-state index is 12.8. The number of thioether (sulfide) groups is 1. The van der Waals surface area contributed by atoms with Gasteiger partial charge >= 0.3 is 5.69 Å². The van der Waals surface area contributed by atoms with E-state index in [1.165, 1.54) is 15.8 Å². The van der Waals surface area contributed by atoms with Crippen LogP contribution in [0, 0.1) is 0 Å². The van der Waals surface area contributed by atoms with Crippen molar-refractivity contribution in [2.45, 2.75) is 18.0 Å². The van der Waals surface area contributed by atoms with Crippen molar-refractivity contribution in [3.8, 4) is 11.1 Å². The van der Waals surface area contributed by atoms with E-state index in [0.717, 1.165) is 30.8 Å². The number of hydrogen-bond donors (Lipinski definition) is 1. The van der Waals surface area contributed by atoms with E-state index in [2.05, 4.69) is 53.8 Å². The van der Waals surface area contributed by atoms with Crippen LogP contribution < -0.4 is 11.4 Å². The monoisotopic (exact) mass is 458 g/mol. The number of benzene rings is 2. The highest BCUT2D eigenvalue weighted by atomic mass is 32.2. The van der Waals surface area contributed by atoms with Crippen molar-refractivity contribution in [2.24, 2.45) is 5.73 Å². The molecule has 9 heteroatoms. The van der Waals surface area contributed by atoms with Crippen molar-refractivity contribution < 1.29 is 8.78 Å². The van der Waals surface area contributed by atoms with Gasteiger partial charge in [0.15, 0.2) is 0 Å². The van der Waals surface area contributed by atoms with Gasteiger partial charge in [-0.3, -0.25) is 4.57 Å². The molecule has 0 aliphatic heterocycles. The SMILES string of the molecule is CSc1ccc(-c2ccc3cc(Cn4cnn(CC(CN)=C(F)F)c4=O)sc3c2)cc1. The molecule has 0 atom stereocenters. The maximum Gasteiger partial charge on any atom is 0.346 e. The summed E-state index contributed by atoms with van der Waals surface area (Å²) in [6, 6.07) is 16.8. The van der Waals surface area contributed by atoms with Crippen LogP contribution in [0.2, 0.25) is 0 Å². The van der Waals surface area contributed by atoms with Crippen LogP contribution in [0.15, 0.2) is 76.2 Å². The Balaban J connectivity index is 1.57. The smallest absolute Gasteiger partial charge is 0.327 e. The first-order valence-corrected chi connectivity index (χ1v) is 11.5. The Hall–Kier alpha value is -2.75. The molecule has 2 heterocycles. The van der Waals surface area contributed by atoms with E-state index in [1.54, 1.807) is 23.1 Å². The fourth-order valence-corrected chi connectivity index (χ4v) is 4.78. The second kappa shape index (κ2) is 9.17. The third-order valence-electron chi connectivity index (χ3n) is 4.97. The average molecular weight is 459 g/mol. The molecule has 2 N–H and O–H groups in total. The lowest BCUT2D eigenvalue weighted by molar-refractivity contribution is 0.400. The Bertz CT molecular complexity index is 1300. The van der Waals surface area contributed by atoms with Crippen molar-refractivity contribution in [1.29, 1.82) is 0 Å². The molecule has 2 aromatic heterocycles. The van der Waals surface area contributed by atoms with Crippen LogP contribution >= 0.6 is 23.1 Å². The van der Waals surface area contributed by atoms with E-state index in [-0.39, 0.29) is 18.7 Å². The molecular formula is C22H20F2N4OS2. The maximum atomic E-state index is 12.8. The van der Waals surface area contributed by atoms with Crippen LogP contribution in [-0.4, -0.2) is 27.1 Å². The van der Waals surface area contributed by atoms with Crippen molar-refractivity contribution in [2.75, 3.05) is 12.8 Å². The summed E-state index contributed by atoms with van der Waals surface area (Å²) in [7, 11) is 0. The molecule has 0 unspecified atom stereocenters. The zero-order chi connectivity index (χ0) is 22.0. The zero-order valence-corrected chi connectivity index (χ0v) is 18.4. The summed E-state index contributed by atoms with van der Waals surface area (Å²) in [4.78, 5) is 14.7. The lowest BCUT2D eigenvalue weighted by Gasteiger charge is -2.03. The topological polar surface area (TPSA) is 65.8 Å². The Morgan fingerprint density at radius 1 is 1.13 bits per heavy atom. The highest BCUT2D eigenvalue weighted by Gasteiger charge is 2.12. The van der Waals surface area contributed by atoms with Gasteiger partial charge in [0, 0.05) is 26.6 Å². The van der Waals surface area contributed by atoms with E-state index in [1.807, 2.05) is 6.07 Å². The molecule has 0 amide bonds. The van der Waals surface area contributed by atoms with Gasteiger partial charge in [0.2, 0.25) is 0 Å². The predicted octanol–water partition coefficient (Wildman–Crippen LogP) is 4.81. The second-order valence-corrected chi connectivity index (χ2v) is 9.01. The van der Waals surface area contributed by atoms with Crippen LogP contribution in [0.4, 0.5) is 8.78 Å². The summed E-state index contributed by atoms with van der Waals surface area (Å²) in [6.45, 7) is -0.300. The predicted molar refractivity (Wildman–Crippen MR) is 123 cm³/mol. The number of aromatic nitrogens is 3. The molecule has 31 heavy (non-hydrogen) atoms. The van der Waals surface area contributed by atoms with Gasteiger partial charge in [0.05, 0.1) is 13.1 Å². The number of halogens is 2. The zero-order valence-electron chi connectivity index (χ0n) is 16.7.